The van der Waals surface area contributed by atoms with Gasteiger partial charge >= 0.3 is 0 Å². The highest BCUT2D eigenvalue weighted by atomic mass is 16.5. The van der Waals surface area contributed by atoms with Gasteiger partial charge in [-0.2, -0.15) is 0 Å². The molecule has 1 aliphatic heterocycles. The number of piperidine rings is 1. The molecule has 1 unspecified atom stereocenters. The van der Waals surface area contributed by atoms with Crippen molar-refractivity contribution in [2.75, 3.05) is 26.7 Å². The van der Waals surface area contributed by atoms with Gasteiger partial charge in [0.05, 0.1) is 6.61 Å². The van der Waals surface area contributed by atoms with Gasteiger partial charge < -0.3 is 14.5 Å². The Bertz CT molecular complexity index is 871. The number of ether oxygens (including phenoxy) is 1. The van der Waals surface area contributed by atoms with Crippen molar-refractivity contribution in [1.29, 1.82) is 0 Å². The molecule has 2 amide bonds. The molecule has 33 heavy (non-hydrogen) atoms. The number of hydrogen-bond acceptors (Lipinski definition) is 3. The lowest BCUT2D eigenvalue weighted by atomic mass is 9.77. The molecular weight excluding hydrogens is 412 g/mol. The van der Waals surface area contributed by atoms with Crippen molar-refractivity contribution >= 4 is 11.8 Å². The van der Waals surface area contributed by atoms with Crippen molar-refractivity contribution in [3.63, 3.8) is 0 Å². The number of benzene rings is 2. The summed E-state index contributed by atoms with van der Waals surface area (Å²) in [6.07, 6.45) is 5.84. The van der Waals surface area contributed by atoms with Gasteiger partial charge in [0.2, 0.25) is 11.8 Å². The summed E-state index contributed by atoms with van der Waals surface area (Å²) in [6.45, 7) is 4.51. The highest BCUT2D eigenvalue weighted by molar-refractivity contribution is 5.78. The second-order valence-corrected chi connectivity index (χ2v) is 9.39. The van der Waals surface area contributed by atoms with Crippen LogP contribution >= 0.6 is 0 Å². The summed E-state index contributed by atoms with van der Waals surface area (Å²) in [5.74, 6) is 1.10. The molecule has 0 saturated carbocycles. The molecule has 5 heteroatoms. The van der Waals surface area contributed by atoms with Crippen LogP contribution in [-0.2, 0) is 16.1 Å². The van der Waals surface area contributed by atoms with Gasteiger partial charge in [0.15, 0.2) is 0 Å². The maximum atomic E-state index is 13.3. The van der Waals surface area contributed by atoms with E-state index in [1.165, 1.54) is 0 Å². The summed E-state index contributed by atoms with van der Waals surface area (Å²) in [4.78, 5) is 29.9. The lowest BCUT2D eigenvalue weighted by Gasteiger charge is -2.43. The lowest BCUT2D eigenvalue weighted by molar-refractivity contribution is -0.141. The molecule has 0 aromatic heterocycles. The topological polar surface area (TPSA) is 49.9 Å². The lowest BCUT2D eigenvalue weighted by Crippen LogP contribution is -2.50. The fraction of sp³-hybridized carbons (Fsp3) is 0.500. The quantitative estimate of drug-likeness (QED) is 0.436. The van der Waals surface area contributed by atoms with Crippen LogP contribution in [0.5, 0.6) is 5.75 Å². The van der Waals surface area contributed by atoms with Crippen LogP contribution in [0, 0.1) is 5.41 Å². The SMILES string of the molecule is CCCCCC(=O)N1CCCC(COc2ccccc2)(CC(=O)N(C)Cc2ccccc2)C1. The number of para-hydroxylation sites is 1. The number of unbranched alkanes of at least 4 members (excludes halogenated alkanes) is 2. The molecule has 1 aliphatic rings. The van der Waals surface area contributed by atoms with Gasteiger partial charge in [0.25, 0.3) is 0 Å². The molecule has 0 radical (unpaired) electrons. The zero-order valence-corrected chi connectivity index (χ0v) is 20.2. The van der Waals surface area contributed by atoms with E-state index >= 15 is 0 Å². The molecule has 178 valence electrons. The number of carbonyl (C=O) groups is 2. The highest BCUT2D eigenvalue weighted by Gasteiger charge is 2.40. The van der Waals surface area contributed by atoms with Gasteiger partial charge in [-0.15, -0.1) is 0 Å². The number of rotatable bonds is 11. The van der Waals surface area contributed by atoms with Crippen molar-refractivity contribution in [3.05, 3.63) is 66.2 Å². The summed E-state index contributed by atoms with van der Waals surface area (Å²) in [7, 11) is 1.86. The summed E-state index contributed by atoms with van der Waals surface area (Å²) >= 11 is 0. The minimum absolute atomic E-state index is 0.0933. The first-order chi connectivity index (χ1) is 16.0. The first kappa shape index (κ1) is 24.8. The average molecular weight is 451 g/mol. The first-order valence-corrected chi connectivity index (χ1v) is 12.2. The number of nitrogens with zero attached hydrogens (tertiary/aromatic N) is 2. The van der Waals surface area contributed by atoms with E-state index < -0.39 is 0 Å². The Morgan fingerprint density at radius 1 is 1.03 bits per heavy atom. The Morgan fingerprint density at radius 3 is 2.42 bits per heavy atom. The molecule has 0 spiro atoms. The van der Waals surface area contributed by atoms with E-state index in [-0.39, 0.29) is 17.2 Å². The molecule has 5 nitrogen and oxygen atoms in total. The standard InChI is InChI=1S/C28H38N2O3/c1-3-4-7-17-26(31)30-19-12-18-28(22-30,23-33-25-15-10-6-11-16-25)20-27(32)29(2)21-24-13-8-5-9-14-24/h5-6,8-11,13-16H,3-4,7,12,17-23H2,1-2H3. The van der Waals surface area contributed by atoms with E-state index in [2.05, 4.69) is 6.92 Å². The Balaban J connectivity index is 1.70. The van der Waals surface area contributed by atoms with E-state index in [4.69, 9.17) is 4.74 Å². The van der Waals surface area contributed by atoms with Gasteiger partial charge in [-0.1, -0.05) is 68.3 Å². The third-order valence-electron chi connectivity index (χ3n) is 6.51. The summed E-state index contributed by atoms with van der Waals surface area (Å²) in [5.41, 5.74) is 0.732. The molecule has 1 heterocycles. The average Bonchev–Trinajstić information content (AvgIpc) is 2.84. The second kappa shape index (κ2) is 12.4. The van der Waals surface area contributed by atoms with Crippen LogP contribution in [-0.4, -0.2) is 48.4 Å². The number of likely N-dealkylation sites (tertiary alicyclic amines) is 1. The van der Waals surface area contributed by atoms with Crippen LogP contribution in [0.2, 0.25) is 0 Å². The fourth-order valence-electron chi connectivity index (χ4n) is 4.57. The fourth-order valence-corrected chi connectivity index (χ4v) is 4.57. The molecular formula is C28H38N2O3. The minimum atomic E-state index is -0.378. The van der Waals surface area contributed by atoms with Crippen LogP contribution < -0.4 is 4.74 Å². The normalized spacial score (nSPS) is 18.1. The van der Waals surface area contributed by atoms with Crippen molar-refractivity contribution in [2.24, 2.45) is 5.41 Å². The Labute approximate surface area is 198 Å². The van der Waals surface area contributed by atoms with Gasteiger partial charge in [0.1, 0.15) is 5.75 Å². The predicted octanol–water partition coefficient (Wildman–Crippen LogP) is 5.30. The smallest absolute Gasteiger partial charge is 0.223 e. The molecule has 0 N–H and O–H groups in total. The van der Waals surface area contributed by atoms with E-state index in [1.54, 1.807) is 4.90 Å². The van der Waals surface area contributed by atoms with Crippen LogP contribution in [0.4, 0.5) is 0 Å². The van der Waals surface area contributed by atoms with Gasteiger partial charge in [-0.25, -0.2) is 0 Å². The molecule has 3 rings (SSSR count). The predicted molar refractivity (Wildman–Crippen MR) is 132 cm³/mol. The Hall–Kier alpha value is -2.82. The van der Waals surface area contributed by atoms with Crippen molar-refractivity contribution < 1.29 is 14.3 Å². The number of hydrogen-bond donors (Lipinski definition) is 0. The number of carbonyl (C=O) groups excluding carboxylic acids is 2. The zero-order chi connectivity index (χ0) is 23.5. The third kappa shape index (κ3) is 7.62. The highest BCUT2D eigenvalue weighted by Crippen LogP contribution is 2.35. The van der Waals surface area contributed by atoms with Crippen LogP contribution in [0.25, 0.3) is 0 Å². The summed E-state index contributed by atoms with van der Waals surface area (Å²) < 4.78 is 6.17. The molecule has 2 aromatic carbocycles. The monoisotopic (exact) mass is 450 g/mol. The van der Waals surface area contributed by atoms with Gasteiger partial charge in [0, 0.05) is 44.9 Å². The van der Waals surface area contributed by atoms with Gasteiger partial charge in [-0.3, -0.25) is 9.59 Å². The van der Waals surface area contributed by atoms with E-state index in [0.29, 0.717) is 32.5 Å². The van der Waals surface area contributed by atoms with Crippen molar-refractivity contribution in [1.82, 2.24) is 9.80 Å². The van der Waals surface area contributed by atoms with Crippen LogP contribution in [0.15, 0.2) is 60.7 Å². The van der Waals surface area contributed by atoms with Crippen molar-refractivity contribution in [2.45, 2.75) is 58.4 Å². The Kier molecular flexibility index (Phi) is 9.35. The maximum Gasteiger partial charge on any atom is 0.223 e. The summed E-state index contributed by atoms with van der Waals surface area (Å²) in [6, 6.07) is 19.8. The molecule has 1 saturated heterocycles. The van der Waals surface area contributed by atoms with Crippen LogP contribution in [0.3, 0.4) is 0 Å². The largest absolute Gasteiger partial charge is 0.493 e. The van der Waals surface area contributed by atoms with Crippen molar-refractivity contribution in [3.8, 4) is 5.75 Å². The van der Waals surface area contributed by atoms with E-state index in [0.717, 1.165) is 50.0 Å². The summed E-state index contributed by atoms with van der Waals surface area (Å²) in [5, 5.41) is 0. The number of amides is 2. The van der Waals surface area contributed by atoms with Gasteiger partial charge in [-0.05, 0) is 37.0 Å². The molecule has 1 atom stereocenters. The maximum absolute atomic E-state index is 13.3. The zero-order valence-electron chi connectivity index (χ0n) is 20.2. The minimum Gasteiger partial charge on any atom is -0.493 e. The Morgan fingerprint density at radius 2 is 1.73 bits per heavy atom. The third-order valence-corrected chi connectivity index (χ3v) is 6.51. The first-order valence-electron chi connectivity index (χ1n) is 12.2. The van der Waals surface area contributed by atoms with E-state index in [1.807, 2.05) is 72.6 Å². The molecule has 2 aromatic rings. The van der Waals surface area contributed by atoms with Crippen LogP contribution in [0.1, 0.15) is 57.4 Å². The van der Waals surface area contributed by atoms with E-state index in [9.17, 15) is 9.59 Å². The molecule has 0 aliphatic carbocycles. The molecule has 1 fully saturated rings. The second-order valence-electron chi connectivity index (χ2n) is 9.39. The molecule has 0 bridgehead atoms.